The fraction of sp³-hybridized carbons (Fsp3) is 0.462. The van der Waals surface area contributed by atoms with Crippen LogP contribution in [0.3, 0.4) is 0 Å². The Morgan fingerprint density at radius 2 is 2.07 bits per heavy atom. The van der Waals surface area contributed by atoms with Crippen LogP contribution in [0, 0.1) is 17.8 Å². The number of benzene rings is 1. The molecule has 0 saturated heterocycles. The Morgan fingerprint density at radius 1 is 1.33 bits per heavy atom. The third-order valence-electron chi connectivity index (χ3n) is 3.12. The first-order valence-electron chi connectivity index (χ1n) is 5.42. The molecule has 1 radical (unpaired) electrons. The highest BCUT2D eigenvalue weighted by atomic mass is 19.1. The van der Waals surface area contributed by atoms with Crippen LogP contribution < -0.4 is 0 Å². The van der Waals surface area contributed by atoms with E-state index in [-0.39, 0.29) is 11.7 Å². The standard InChI is InChI=1S/C13H16FO/c1-8(2)13-11-5-4-10(14)7-9(11)3-6-12(13)15/h4-5,7-8,13,15H,3,6H2,1-2H3. The largest absolute Gasteiger partial charge is 0.386 e. The first kappa shape index (κ1) is 10.6. The molecular weight excluding hydrogens is 191 g/mol. The Kier molecular flexibility index (Phi) is 2.79. The average molecular weight is 207 g/mol. The minimum Gasteiger partial charge on any atom is -0.386 e. The Morgan fingerprint density at radius 3 is 2.73 bits per heavy atom. The van der Waals surface area contributed by atoms with E-state index in [4.69, 9.17) is 0 Å². The van der Waals surface area contributed by atoms with Gasteiger partial charge in [-0.15, -0.1) is 0 Å². The van der Waals surface area contributed by atoms with Crippen molar-refractivity contribution in [3.8, 4) is 0 Å². The van der Waals surface area contributed by atoms with Gasteiger partial charge >= 0.3 is 0 Å². The summed E-state index contributed by atoms with van der Waals surface area (Å²) in [5.41, 5.74) is 2.14. The van der Waals surface area contributed by atoms with E-state index in [9.17, 15) is 9.50 Å². The lowest BCUT2D eigenvalue weighted by Gasteiger charge is -2.32. The van der Waals surface area contributed by atoms with Crippen LogP contribution in [0.5, 0.6) is 0 Å². The number of aliphatic hydroxyl groups excluding tert-OH is 1. The van der Waals surface area contributed by atoms with Gasteiger partial charge in [0.25, 0.3) is 0 Å². The highest BCUT2D eigenvalue weighted by molar-refractivity contribution is 5.37. The molecule has 0 aromatic heterocycles. The monoisotopic (exact) mass is 207 g/mol. The summed E-state index contributed by atoms with van der Waals surface area (Å²) in [6.45, 7) is 4.17. The maximum atomic E-state index is 13.1. The third kappa shape index (κ3) is 1.91. The van der Waals surface area contributed by atoms with Crippen molar-refractivity contribution in [1.82, 2.24) is 0 Å². The van der Waals surface area contributed by atoms with Crippen molar-refractivity contribution < 1.29 is 9.50 Å². The minimum atomic E-state index is -0.183. The molecule has 1 nitrogen and oxygen atoms in total. The van der Waals surface area contributed by atoms with Gasteiger partial charge in [-0.25, -0.2) is 4.39 Å². The molecule has 0 bridgehead atoms. The molecule has 1 aliphatic rings. The molecule has 2 heteroatoms. The summed E-state index contributed by atoms with van der Waals surface area (Å²) < 4.78 is 13.1. The second kappa shape index (κ2) is 3.93. The topological polar surface area (TPSA) is 20.2 Å². The summed E-state index contributed by atoms with van der Waals surface area (Å²) in [6.07, 6.45) is 1.96. The highest BCUT2D eigenvalue weighted by Gasteiger charge is 2.31. The molecular formula is C13H16FO. The maximum absolute atomic E-state index is 13.1. The first-order chi connectivity index (χ1) is 7.09. The number of rotatable bonds is 1. The van der Waals surface area contributed by atoms with Crippen LogP contribution in [0.2, 0.25) is 0 Å². The molecule has 2 rings (SSSR count). The van der Waals surface area contributed by atoms with E-state index >= 15 is 0 Å². The molecule has 0 fully saturated rings. The van der Waals surface area contributed by atoms with E-state index in [1.54, 1.807) is 6.07 Å². The number of hydrogen-bond donors (Lipinski definition) is 1. The van der Waals surface area contributed by atoms with E-state index in [2.05, 4.69) is 13.8 Å². The lowest BCUT2D eigenvalue weighted by molar-refractivity contribution is 0.213. The lowest BCUT2D eigenvalue weighted by Crippen LogP contribution is -2.23. The minimum absolute atomic E-state index is 0.0781. The van der Waals surface area contributed by atoms with Crippen molar-refractivity contribution >= 4 is 0 Å². The molecule has 1 aliphatic carbocycles. The Balaban J connectivity index is 2.43. The summed E-state index contributed by atoms with van der Waals surface area (Å²) >= 11 is 0. The van der Waals surface area contributed by atoms with Crippen molar-refractivity contribution in [2.24, 2.45) is 5.92 Å². The van der Waals surface area contributed by atoms with Gasteiger partial charge in [-0.05, 0) is 42.0 Å². The molecule has 0 saturated carbocycles. The summed E-state index contributed by atoms with van der Waals surface area (Å²) in [5, 5.41) is 9.88. The van der Waals surface area contributed by atoms with E-state index in [0.717, 1.165) is 17.5 Å². The quantitative estimate of drug-likeness (QED) is 0.748. The van der Waals surface area contributed by atoms with E-state index < -0.39 is 0 Å². The van der Waals surface area contributed by atoms with Crippen LogP contribution in [-0.2, 0) is 6.42 Å². The number of fused-ring (bicyclic) bond motifs is 1. The summed E-state index contributed by atoms with van der Waals surface area (Å²) in [4.78, 5) is 0. The average Bonchev–Trinajstić information content (AvgIpc) is 2.17. The van der Waals surface area contributed by atoms with Crippen molar-refractivity contribution in [2.45, 2.75) is 32.6 Å². The van der Waals surface area contributed by atoms with Gasteiger partial charge < -0.3 is 5.11 Å². The zero-order valence-corrected chi connectivity index (χ0v) is 9.13. The molecule has 1 atom stereocenters. The second-order valence-corrected chi connectivity index (χ2v) is 4.56. The third-order valence-corrected chi connectivity index (χ3v) is 3.12. The summed E-state index contributed by atoms with van der Waals surface area (Å²) in [7, 11) is 0. The van der Waals surface area contributed by atoms with Crippen LogP contribution in [0.1, 0.15) is 37.3 Å². The van der Waals surface area contributed by atoms with Crippen molar-refractivity contribution in [3.63, 3.8) is 0 Å². The van der Waals surface area contributed by atoms with Crippen LogP contribution in [-0.4, -0.2) is 5.11 Å². The van der Waals surface area contributed by atoms with Gasteiger partial charge in [0.1, 0.15) is 11.9 Å². The normalized spacial score (nSPS) is 21.8. The Labute approximate surface area is 89.9 Å². The molecule has 1 unspecified atom stereocenters. The van der Waals surface area contributed by atoms with Crippen molar-refractivity contribution in [2.75, 3.05) is 0 Å². The molecule has 81 valence electrons. The van der Waals surface area contributed by atoms with Gasteiger partial charge in [-0.1, -0.05) is 19.9 Å². The van der Waals surface area contributed by atoms with Gasteiger partial charge in [0.2, 0.25) is 0 Å². The molecule has 0 aliphatic heterocycles. The lowest BCUT2D eigenvalue weighted by atomic mass is 9.75. The van der Waals surface area contributed by atoms with Crippen LogP contribution in [0.4, 0.5) is 4.39 Å². The maximum Gasteiger partial charge on any atom is 0.123 e. The van der Waals surface area contributed by atoms with Crippen molar-refractivity contribution in [3.05, 3.63) is 41.2 Å². The predicted octanol–water partition coefficient (Wildman–Crippen LogP) is 3.42. The van der Waals surface area contributed by atoms with Gasteiger partial charge in [-0.2, -0.15) is 0 Å². The Bertz CT molecular complexity index is 360. The summed E-state index contributed by atoms with van der Waals surface area (Å²) in [6, 6.07) is 4.88. The molecule has 0 heterocycles. The highest BCUT2D eigenvalue weighted by Crippen LogP contribution is 2.40. The van der Waals surface area contributed by atoms with Gasteiger partial charge in [0.05, 0.1) is 0 Å². The SMILES string of the molecule is CC(C)C1[C](O)CCc2cc(F)ccc21. The molecule has 0 spiro atoms. The molecule has 15 heavy (non-hydrogen) atoms. The molecule has 1 N–H and O–H groups in total. The van der Waals surface area contributed by atoms with Crippen LogP contribution in [0.25, 0.3) is 0 Å². The van der Waals surface area contributed by atoms with Gasteiger partial charge in [-0.3, -0.25) is 0 Å². The first-order valence-corrected chi connectivity index (χ1v) is 5.42. The number of halogens is 1. The fourth-order valence-corrected chi connectivity index (χ4v) is 2.44. The van der Waals surface area contributed by atoms with Gasteiger partial charge in [0.15, 0.2) is 0 Å². The zero-order chi connectivity index (χ0) is 11.0. The molecule has 1 aromatic rings. The van der Waals surface area contributed by atoms with Crippen molar-refractivity contribution in [1.29, 1.82) is 0 Å². The molecule has 0 amide bonds. The van der Waals surface area contributed by atoms with E-state index in [1.165, 1.54) is 6.07 Å². The number of aliphatic hydroxyl groups is 1. The zero-order valence-electron chi connectivity index (χ0n) is 9.13. The smallest absolute Gasteiger partial charge is 0.123 e. The van der Waals surface area contributed by atoms with Gasteiger partial charge in [0, 0.05) is 5.92 Å². The Hall–Kier alpha value is -0.890. The van der Waals surface area contributed by atoms with E-state index in [0.29, 0.717) is 18.4 Å². The predicted molar refractivity (Wildman–Crippen MR) is 57.5 cm³/mol. The van der Waals surface area contributed by atoms with Crippen LogP contribution in [0.15, 0.2) is 18.2 Å². The van der Waals surface area contributed by atoms with E-state index in [1.807, 2.05) is 6.07 Å². The summed E-state index contributed by atoms with van der Waals surface area (Å²) in [5.74, 6) is 0.251. The van der Waals surface area contributed by atoms with Crippen LogP contribution >= 0.6 is 0 Å². The number of hydrogen-bond acceptors (Lipinski definition) is 1. The fourth-order valence-electron chi connectivity index (χ4n) is 2.44. The second-order valence-electron chi connectivity index (χ2n) is 4.56. The number of aryl methyl sites for hydroxylation is 1. The molecule has 1 aromatic carbocycles.